The molecule has 0 aliphatic carbocycles. The van der Waals surface area contributed by atoms with Crippen molar-refractivity contribution in [1.82, 2.24) is 4.90 Å². The second-order valence-electron chi connectivity index (χ2n) is 8.32. The van der Waals surface area contributed by atoms with Gasteiger partial charge in [-0.15, -0.1) is 11.3 Å². The molecule has 1 fully saturated rings. The van der Waals surface area contributed by atoms with Crippen LogP contribution in [0.4, 0.5) is 10.7 Å². The highest BCUT2D eigenvalue weighted by atomic mass is 32.3. The quantitative estimate of drug-likeness (QED) is 0.366. The molecule has 34 heavy (non-hydrogen) atoms. The number of thiophene rings is 1. The Morgan fingerprint density at radius 2 is 1.71 bits per heavy atom. The van der Waals surface area contributed by atoms with Crippen molar-refractivity contribution in [2.45, 2.75) is 11.4 Å². The zero-order valence-corrected chi connectivity index (χ0v) is 21.0. The molecule has 2 aromatic carbocycles. The number of amides is 1. The van der Waals surface area contributed by atoms with Crippen LogP contribution >= 0.6 is 21.9 Å². The number of anilines is 2. The van der Waals surface area contributed by atoms with Crippen molar-refractivity contribution in [3.05, 3.63) is 65.7 Å². The molecule has 1 saturated heterocycles. The molecule has 1 aliphatic rings. The Bertz CT molecular complexity index is 1280. The van der Waals surface area contributed by atoms with E-state index in [1.165, 1.54) is 11.3 Å². The summed E-state index contributed by atoms with van der Waals surface area (Å²) in [5, 5.41) is 3.88. The molecule has 0 bridgehead atoms. The molecule has 3 aromatic rings. The first-order valence-electron chi connectivity index (χ1n) is 10.6. The lowest BCUT2D eigenvalue weighted by Gasteiger charge is -2.41. The van der Waals surface area contributed by atoms with E-state index in [9.17, 15) is 22.3 Å². The summed E-state index contributed by atoms with van der Waals surface area (Å²) >= 11 is 1.37. The van der Waals surface area contributed by atoms with Gasteiger partial charge in [0, 0.05) is 36.5 Å². The van der Waals surface area contributed by atoms with Crippen LogP contribution in [0.3, 0.4) is 0 Å². The van der Waals surface area contributed by atoms with Gasteiger partial charge in [0.05, 0.1) is 22.0 Å². The number of carbonyl (C=O) groups is 1. The number of nitrogens with zero attached hydrogens (tertiary/aromatic N) is 1. The number of rotatable bonds is 7. The second kappa shape index (κ2) is 9.68. The van der Waals surface area contributed by atoms with E-state index >= 15 is 0 Å². The number of hydrogen-bond acceptors (Lipinski definition) is 8. The van der Waals surface area contributed by atoms with Crippen molar-refractivity contribution in [2.24, 2.45) is 5.73 Å². The lowest BCUT2D eigenvalue weighted by molar-refractivity contribution is 0.100. The minimum absolute atomic E-state index is 0.235. The fraction of sp³-hybridized carbons (Fsp3) is 0.261. The first-order valence-corrected chi connectivity index (χ1v) is 15.2. The molecule has 0 radical (unpaired) electrons. The minimum Gasteiger partial charge on any atom is -0.366 e. The van der Waals surface area contributed by atoms with E-state index in [0.717, 1.165) is 34.5 Å². The van der Waals surface area contributed by atoms with E-state index in [1.807, 2.05) is 24.3 Å². The van der Waals surface area contributed by atoms with Crippen LogP contribution in [0.1, 0.15) is 15.9 Å². The van der Waals surface area contributed by atoms with Crippen molar-refractivity contribution in [3.63, 3.8) is 0 Å². The van der Waals surface area contributed by atoms with Crippen LogP contribution in [-0.2, 0) is 16.4 Å². The number of hydrogen-bond donors (Lipinski definition) is 4. The minimum atomic E-state index is -3.28. The highest BCUT2D eigenvalue weighted by molar-refractivity contribution is 8.24. The van der Waals surface area contributed by atoms with Gasteiger partial charge in [-0.3, -0.25) is 18.8 Å². The van der Waals surface area contributed by atoms with E-state index in [4.69, 9.17) is 5.73 Å². The van der Waals surface area contributed by atoms with Crippen molar-refractivity contribution < 1.29 is 22.3 Å². The van der Waals surface area contributed by atoms with Crippen molar-refractivity contribution >= 4 is 48.4 Å². The van der Waals surface area contributed by atoms with Crippen LogP contribution < -0.4 is 11.1 Å². The van der Waals surface area contributed by atoms with Crippen molar-refractivity contribution in [2.75, 3.05) is 36.2 Å². The molecular formula is C23H27N3O5S3. The lowest BCUT2D eigenvalue weighted by atomic mass is 10.1. The van der Waals surface area contributed by atoms with E-state index < -0.39 is 26.3 Å². The Morgan fingerprint density at radius 1 is 1.09 bits per heavy atom. The van der Waals surface area contributed by atoms with Crippen LogP contribution in [0.2, 0.25) is 0 Å². The maximum absolute atomic E-state index is 12.0. The van der Waals surface area contributed by atoms with Gasteiger partial charge in [-0.05, 0) is 41.5 Å². The van der Waals surface area contributed by atoms with Gasteiger partial charge in [-0.2, -0.15) is 10.6 Å². The molecule has 1 aliphatic heterocycles. The average Bonchev–Trinajstić information content (AvgIpc) is 3.20. The fourth-order valence-electron chi connectivity index (χ4n) is 3.68. The van der Waals surface area contributed by atoms with Gasteiger partial charge in [0.15, 0.2) is 9.84 Å². The first kappa shape index (κ1) is 24.7. The molecule has 0 spiro atoms. The van der Waals surface area contributed by atoms with Gasteiger partial charge in [-0.25, -0.2) is 8.42 Å². The number of benzene rings is 2. The molecule has 182 valence electrons. The maximum atomic E-state index is 12.0. The number of nitrogens with one attached hydrogen (secondary N) is 1. The average molecular weight is 522 g/mol. The number of primary amides is 1. The zero-order valence-electron chi connectivity index (χ0n) is 18.6. The predicted molar refractivity (Wildman–Crippen MR) is 139 cm³/mol. The van der Waals surface area contributed by atoms with Gasteiger partial charge in [0.1, 0.15) is 5.00 Å². The highest BCUT2D eigenvalue weighted by Crippen LogP contribution is 2.40. The molecular weight excluding hydrogens is 494 g/mol. The van der Waals surface area contributed by atoms with Crippen LogP contribution in [0.5, 0.6) is 0 Å². The SMILES string of the molecule is CS(=O)(=O)c1ccc(-c2cc(C(N)=O)c(Nc3ccc(CN4CCS(O)(O)CC4)cc3)s2)cc1. The number of sulfone groups is 1. The van der Waals surface area contributed by atoms with E-state index in [1.54, 1.807) is 30.3 Å². The molecule has 1 amide bonds. The van der Waals surface area contributed by atoms with Crippen LogP contribution in [0, 0.1) is 0 Å². The third-order valence-electron chi connectivity index (χ3n) is 5.65. The lowest BCUT2D eigenvalue weighted by Crippen LogP contribution is -2.37. The summed E-state index contributed by atoms with van der Waals surface area (Å²) < 4.78 is 42.9. The Morgan fingerprint density at radius 3 is 2.26 bits per heavy atom. The van der Waals surface area contributed by atoms with Gasteiger partial charge in [0.2, 0.25) is 0 Å². The zero-order chi connectivity index (χ0) is 24.5. The Balaban J connectivity index is 1.48. The van der Waals surface area contributed by atoms with Crippen LogP contribution in [-0.4, -0.2) is 59.2 Å². The Kier molecular flexibility index (Phi) is 7.04. The predicted octanol–water partition coefficient (Wildman–Crippen LogP) is 4.23. The summed E-state index contributed by atoms with van der Waals surface area (Å²) in [6, 6.07) is 16.1. The molecule has 5 N–H and O–H groups in total. The molecule has 0 unspecified atom stereocenters. The Labute approximate surface area is 204 Å². The van der Waals surface area contributed by atoms with E-state index in [2.05, 4.69) is 10.2 Å². The standard InChI is InChI=1S/C23H27N3O5S3/c1-33(28,29)19-8-4-17(5-9-19)21-14-20(22(24)27)23(32-21)25-18-6-2-16(3-7-18)15-26-10-12-34(30,31)13-11-26/h2-9,14,25,30-31H,10-13,15H2,1H3,(H2,24,27). The summed E-state index contributed by atoms with van der Waals surface area (Å²) in [6.45, 7) is 2.05. The normalized spacial score (nSPS) is 17.3. The summed E-state index contributed by atoms with van der Waals surface area (Å²) in [7, 11) is -5.69. The van der Waals surface area contributed by atoms with Gasteiger partial charge in [0.25, 0.3) is 5.91 Å². The van der Waals surface area contributed by atoms with Gasteiger partial charge in [-0.1, -0.05) is 24.3 Å². The number of carbonyl (C=O) groups excluding carboxylic acids is 1. The maximum Gasteiger partial charge on any atom is 0.251 e. The first-order chi connectivity index (χ1) is 16.0. The third kappa shape index (κ3) is 5.98. The summed E-state index contributed by atoms with van der Waals surface area (Å²) in [5.74, 6) is 0.283. The van der Waals surface area contributed by atoms with Gasteiger partial charge < -0.3 is 11.1 Å². The van der Waals surface area contributed by atoms with Crippen LogP contribution in [0.15, 0.2) is 59.5 Å². The molecule has 0 saturated carbocycles. The Hall–Kier alpha value is -2.41. The topological polar surface area (TPSA) is 133 Å². The van der Waals surface area contributed by atoms with E-state index in [0.29, 0.717) is 35.2 Å². The summed E-state index contributed by atoms with van der Waals surface area (Å²) in [5.41, 5.74) is 8.67. The van der Waals surface area contributed by atoms with Gasteiger partial charge >= 0.3 is 0 Å². The summed E-state index contributed by atoms with van der Waals surface area (Å²) in [6.07, 6.45) is 1.16. The molecule has 4 rings (SSSR count). The van der Waals surface area contributed by atoms with E-state index in [-0.39, 0.29) is 4.90 Å². The second-order valence-corrected chi connectivity index (χ2v) is 13.8. The van der Waals surface area contributed by atoms with Crippen molar-refractivity contribution in [3.8, 4) is 10.4 Å². The summed E-state index contributed by atoms with van der Waals surface area (Å²) in [4.78, 5) is 15.3. The highest BCUT2D eigenvalue weighted by Gasteiger charge is 2.22. The molecule has 0 atom stereocenters. The van der Waals surface area contributed by atoms with Crippen LogP contribution in [0.25, 0.3) is 10.4 Å². The fourth-order valence-corrected chi connectivity index (χ4v) is 6.71. The molecule has 1 aromatic heterocycles. The number of nitrogens with two attached hydrogens (primary N) is 1. The third-order valence-corrected chi connectivity index (χ3v) is 9.55. The largest absolute Gasteiger partial charge is 0.366 e. The monoisotopic (exact) mass is 521 g/mol. The molecule has 2 heterocycles. The smallest absolute Gasteiger partial charge is 0.251 e. The molecule has 11 heteroatoms. The van der Waals surface area contributed by atoms with Crippen molar-refractivity contribution in [1.29, 1.82) is 0 Å². The molecule has 8 nitrogen and oxygen atoms in total.